The Hall–Kier alpha value is -4.43. The number of alkyl halides is 3. The molecule has 14 heteroatoms. The molecule has 1 aliphatic rings. The van der Waals surface area contributed by atoms with Crippen LogP contribution in [0.5, 0.6) is 5.88 Å². The Kier molecular flexibility index (Phi) is 7.94. The maximum absolute atomic E-state index is 13.4. The van der Waals surface area contributed by atoms with Crippen LogP contribution in [0.25, 0.3) is 22.0 Å². The molecule has 4 aromatic rings. The summed E-state index contributed by atoms with van der Waals surface area (Å²) in [5.74, 6) is -0.0191. The number of para-hydroxylation sites is 1. The van der Waals surface area contributed by atoms with Crippen molar-refractivity contribution >= 4 is 52.4 Å². The molecule has 0 bridgehead atoms. The highest BCUT2D eigenvalue weighted by atomic mass is 32.1. The lowest BCUT2D eigenvalue weighted by atomic mass is 10.0. The molecular formula is C27H25F3N6O4S. The molecule has 41 heavy (non-hydrogen) atoms. The van der Waals surface area contributed by atoms with Crippen molar-refractivity contribution in [1.82, 2.24) is 15.0 Å². The SMILES string of the molecule is CC(=O)Nc1cc(C(=O)Nc2[nH]c3ccccc3c2-c2ccc(OCC(F)(F)F)nc2N2CCOCC2)cc(=S)[nH]1. The van der Waals surface area contributed by atoms with Gasteiger partial charge in [-0.25, -0.2) is 0 Å². The van der Waals surface area contributed by atoms with E-state index in [0.29, 0.717) is 54.6 Å². The third-order valence-corrected chi connectivity index (χ3v) is 6.39. The molecule has 10 nitrogen and oxygen atoms in total. The summed E-state index contributed by atoms with van der Waals surface area (Å²) in [6, 6.07) is 13.3. The van der Waals surface area contributed by atoms with Gasteiger partial charge in [-0.15, -0.1) is 0 Å². The fourth-order valence-corrected chi connectivity index (χ4v) is 4.75. The first-order chi connectivity index (χ1) is 19.6. The number of nitrogens with one attached hydrogen (secondary N) is 4. The van der Waals surface area contributed by atoms with E-state index in [9.17, 15) is 22.8 Å². The Bertz CT molecular complexity index is 1660. The van der Waals surface area contributed by atoms with Gasteiger partial charge in [-0.05, 0) is 24.3 Å². The molecule has 0 radical (unpaired) electrons. The van der Waals surface area contributed by atoms with Crippen LogP contribution in [0.2, 0.25) is 0 Å². The lowest BCUT2D eigenvalue weighted by Crippen LogP contribution is -2.37. The standard InChI is InChI=1S/C27H25F3N6O4S/c1-15(37)31-20-12-16(13-22(41)33-20)26(38)35-24-23(17-4-2-3-5-19(17)32-24)18-6-7-21(40-14-27(28,29)30)34-25(18)36-8-10-39-11-9-36/h2-7,12-13,32H,8-11,14H2,1H3,(H,35,38)(H2,31,33,37,41). The number of ether oxygens (including phenoxy) is 2. The van der Waals surface area contributed by atoms with Crippen molar-refractivity contribution in [2.24, 2.45) is 0 Å². The van der Waals surface area contributed by atoms with Crippen molar-refractivity contribution < 1.29 is 32.2 Å². The normalized spacial score (nSPS) is 13.7. The van der Waals surface area contributed by atoms with Crippen LogP contribution in [0.4, 0.5) is 30.6 Å². The van der Waals surface area contributed by atoms with Gasteiger partial charge in [0.25, 0.3) is 5.91 Å². The summed E-state index contributed by atoms with van der Waals surface area (Å²) in [5, 5.41) is 6.23. The van der Waals surface area contributed by atoms with E-state index in [0.717, 1.165) is 5.39 Å². The highest BCUT2D eigenvalue weighted by molar-refractivity contribution is 7.71. The van der Waals surface area contributed by atoms with E-state index < -0.39 is 18.7 Å². The van der Waals surface area contributed by atoms with Crippen LogP contribution in [0.3, 0.4) is 0 Å². The molecule has 1 aliphatic heterocycles. The number of amides is 2. The van der Waals surface area contributed by atoms with Crippen molar-refractivity contribution in [1.29, 1.82) is 0 Å². The predicted octanol–water partition coefficient (Wildman–Crippen LogP) is 5.28. The fourth-order valence-electron chi connectivity index (χ4n) is 4.51. The van der Waals surface area contributed by atoms with Crippen molar-refractivity contribution in [2.45, 2.75) is 13.1 Å². The van der Waals surface area contributed by atoms with Gasteiger partial charge in [0.15, 0.2) is 6.61 Å². The van der Waals surface area contributed by atoms with Gasteiger partial charge in [-0.2, -0.15) is 18.2 Å². The molecule has 3 aromatic heterocycles. The molecule has 4 heterocycles. The smallest absolute Gasteiger partial charge is 0.422 e. The number of fused-ring (bicyclic) bond motifs is 1. The van der Waals surface area contributed by atoms with Gasteiger partial charge in [-0.1, -0.05) is 30.4 Å². The van der Waals surface area contributed by atoms with Crippen molar-refractivity contribution in [3.8, 4) is 17.0 Å². The average Bonchev–Trinajstić information content (AvgIpc) is 3.28. The summed E-state index contributed by atoms with van der Waals surface area (Å²) < 4.78 is 49.2. The Morgan fingerprint density at radius 2 is 1.85 bits per heavy atom. The molecule has 0 aliphatic carbocycles. The van der Waals surface area contributed by atoms with E-state index in [-0.39, 0.29) is 27.8 Å². The number of pyridine rings is 2. The van der Waals surface area contributed by atoms with Crippen LogP contribution in [-0.2, 0) is 9.53 Å². The van der Waals surface area contributed by atoms with Crippen molar-refractivity contribution in [3.63, 3.8) is 0 Å². The summed E-state index contributed by atoms with van der Waals surface area (Å²) in [7, 11) is 0. The number of carbonyl (C=O) groups excluding carboxylic acids is 2. The summed E-state index contributed by atoms with van der Waals surface area (Å²) >= 11 is 5.22. The largest absolute Gasteiger partial charge is 0.468 e. The molecule has 2 amide bonds. The van der Waals surface area contributed by atoms with E-state index in [1.165, 1.54) is 25.1 Å². The zero-order valence-electron chi connectivity index (χ0n) is 21.7. The number of hydrogen-bond acceptors (Lipinski definition) is 7. The van der Waals surface area contributed by atoms with Crippen LogP contribution in [0.15, 0.2) is 48.5 Å². The van der Waals surface area contributed by atoms with Crippen LogP contribution in [0, 0.1) is 4.64 Å². The first-order valence-corrected chi connectivity index (χ1v) is 13.0. The molecule has 0 saturated carbocycles. The number of halogens is 3. The second-order valence-electron chi connectivity index (χ2n) is 9.23. The van der Waals surface area contributed by atoms with Crippen molar-refractivity contribution in [2.75, 3.05) is 48.4 Å². The van der Waals surface area contributed by atoms with Crippen LogP contribution in [-0.4, -0.2) is 65.9 Å². The molecule has 0 spiro atoms. The highest BCUT2D eigenvalue weighted by Crippen LogP contribution is 2.41. The number of morpholine rings is 1. The quantitative estimate of drug-likeness (QED) is 0.217. The Balaban J connectivity index is 1.59. The number of nitrogens with zero attached hydrogens (tertiary/aromatic N) is 2. The predicted molar refractivity (Wildman–Crippen MR) is 150 cm³/mol. The second kappa shape index (κ2) is 11.6. The first-order valence-electron chi connectivity index (χ1n) is 12.5. The van der Waals surface area contributed by atoms with E-state index in [1.54, 1.807) is 6.07 Å². The zero-order valence-corrected chi connectivity index (χ0v) is 22.5. The molecule has 4 N–H and O–H groups in total. The Labute approximate surface area is 236 Å². The number of rotatable bonds is 7. The average molecular weight is 587 g/mol. The molecular weight excluding hydrogens is 561 g/mol. The summed E-state index contributed by atoms with van der Waals surface area (Å²) in [6.45, 7) is 1.60. The lowest BCUT2D eigenvalue weighted by molar-refractivity contribution is -0.154. The molecule has 214 valence electrons. The first kappa shape index (κ1) is 28.1. The number of anilines is 3. The highest BCUT2D eigenvalue weighted by Gasteiger charge is 2.29. The van der Waals surface area contributed by atoms with Gasteiger partial charge in [0.1, 0.15) is 22.1 Å². The van der Waals surface area contributed by atoms with Gasteiger partial charge in [-0.3, -0.25) is 9.59 Å². The van der Waals surface area contributed by atoms with Crippen LogP contribution >= 0.6 is 12.2 Å². The number of aromatic nitrogens is 3. The number of aromatic amines is 2. The minimum atomic E-state index is -4.52. The number of H-pyrrole nitrogens is 2. The molecule has 0 atom stereocenters. The molecule has 1 fully saturated rings. The molecule has 1 aromatic carbocycles. The molecule has 0 unspecified atom stereocenters. The van der Waals surface area contributed by atoms with Gasteiger partial charge >= 0.3 is 6.18 Å². The zero-order chi connectivity index (χ0) is 29.1. The molecule has 1 saturated heterocycles. The van der Waals surface area contributed by atoms with E-state index in [4.69, 9.17) is 21.7 Å². The van der Waals surface area contributed by atoms with Crippen LogP contribution < -0.4 is 20.3 Å². The van der Waals surface area contributed by atoms with E-state index in [1.807, 2.05) is 29.2 Å². The van der Waals surface area contributed by atoms with Gasteiger partial charge in [0.2, 0.25) is 11.8 Å². The third kappa shape index (κ3) is 6.66. The maximum atomic E-state index is 13.4. The number of benzene rings is 1. The fraction of sp³-hybridized carbons (Fsp3) is 0.259. The maximum Gasteiger partial charge on any atom is 0.422 e. The summed E-state index contributed by atoms with van der Waals surface area (Å²) in [4.78, 5) is 37.3. The number of hydrogen-bond donors (Lipinski definition) is 4. The monoisotopic (exact) mass is 586 g/mol. The van der Waals surface area contributed by atoms with Gasteiger partial charge in [0.05, 0.1) is 13.2 Å². The molecule has 5 rings (SSSR count). The van der Waals surface area contributed by atoms with E-state index >= 15 is 0 Å². The third-order valence-electron chi connectivity index (χ3n) is 6.18. The Morgan fingerprint density at radius 3 is 2.59 bits per heavy atom. The Morgan fingerprint density at radius 1 is 1.10 bits per heavy atom. The van der Waals surface area contributed by atoms with Crippen molar-refractivity contribution in [3.05, 3.63) is 58.7 Å². The summed E-state index contributed by atoms with van der Waals surface area (Å²) in [5.41, 5.74) is 2.08. The minimum Gasteiger partial charge on any atom is -0.468 e. The van der Waals surface area contributed by atoms with Crippen LogP contribution in [0.1, 0.15) is 17.3 Å². The summed E-state index contributed by atoms with van der Waals surface area (Å²) in [6.07, 6.45) is -4.52. The second-order valence-corrected chi connectivity index (χ2v) is 9.67. The number of carbonyl (C=O) groups is 2. The minimum absolute atomic E-state index is 0.179. The topological polar surface area (TPSA) is 124 Å². The van der Waals surface area contributed by atoms with Gasteiger partial charge < -0.3 is 35.0 Å². The van der Waals surface area contributed by atoms with E-state index in [2.05, 4.69) is 25.6 Å². The lowest BCUT2D eigenvalue weighted by Gasteiger charge is -2.30. The van der Waals surface area contributed by atoms with Gasteiger partial charge in [0, 0.05) is 53.7 Å².